The number of benzene rings is 2. The van der Waals surface area contributed by atoms with Crippen molar-refractivity contribution < 1.29 is 18.7 Å². The summed E-state index contributed by atoms with van der Waals surface area (Å²) in [6.07, 6.45) is 0. The second kappa shape index (κ2) is 7.58. The van der Waals surface area contributed by atoms with E-state index in [4.69, 9.17) is 20.8 Å². The minimum Gasteiger partial charge on any atom is -0.465 e. The molecule has 9 heteroatoms. The molecule has 1 atom stereocenters. The molecule has 0 spiro atoms. The smallest absolute Gasteiger partial charge is 0.337 e. The molecule has 5 rings (SSSR count). The van der Waals surface area contributed by atoms with E-state index in [-0.39, 0.29) is 27.7 Å². The Balaban J connectivity index is 1.76. The van der Waals surface area contributed by atoms with Crippen LogP contribution in [0.1, 0.15) is 43.8 Å². The van der Waals surface area contributed by atoms with E-state index in [0.717, 1.165) is 5.69 Å². The van der Waals surface area contributed by atoms with Gasteiger partial charge in [0.05, 0.1) is 35.4 Å². The van der Waals surface area contributed by atoms with Crippen molar-refractivity contribution in [1.29, 1.82) is 0 Å². The maximum absolute atomic E-state index is 13.5. The molecule has 0 N–H and O–H groups in total. The first-order valence-electron chi connectivity index (χ1n) is 9.59. The molecular weight excluding hydrogens is 452 g/mol. The number of anilines is 1. The number of halogens is 1. The third-order valence-corrected chi connectivity index (χ3v) is 6.49. The van der Waals surface area contributed by atoms with Crippen LogP contribution in [0.3, 0.4) is 0 Å². The predicted octanol–water partition coefficient (Wildman–Crippen LogP) is 4.75. The lowest BCUT2D eigenvalue weighted by Gasteiger charge is -2.22. The standard InChI is InChI=1S/C23H15ClN2O5S/c1-11-10-32-23(25-11)26-18(12-3-5-13(6-4-12)22(29)30-2)17-19(27)15-9-14(24)7-8-16(15)31-20(17)21(26)28/h3-10,18H,1-2H3. The Labute approximate surface area is 190 Å². The van der Waals surface area contributed by atoms with Crippen molar-refractivity contribution in [2.45, 2.75) is 13.0 Å². The highest BCUT2D eigenvalue weighted by Gasteiger charge is 2.44. The van der Waals surface area contributed by atoms with E-state index in [1.807, 2.05) is 12.3 Å². The molecular formula is C23H15ClN2O5S. The number of methoxy groups -OCH3 is 1. The van der Waals surface area contributed by atoms with E-state index < -0.39 is 17.9 Å². The SMILES string of the molecule is COC(=O)c1ccc(C2c3c(oc4ccc(Cl)cc4c3=O)C(=O)N2c2nc(C)cs2)cc1. The second-order valence-electron chi connectivity index (χ2n) is 7.28. The Morgan fingerprint density at radius 2 is 1.94 bits per heavy atom. The Kier molecular flexibility index (Phi) is 4.83. The van der Waals surface area contributed by atoms with Gasteiger partial charge in [-0.05, 0) is 42.8 Å². The minimum absolute atomic E-state index is 0.0280. The lowest BCUT2D eigenvalue weighted by Crippen LogP contribution is -2.29. The number of ether oxygens (including phenoxy) is 1. The molecule has 0 saturated heterocycles. The van der Waals surface area contributed by atoms with Gasteiger partial charge in [0.2, 0.25) is 5.76 Å². The summed E-state index contributed by atoms with van der Waals surface area (Å²) in [4.78, 5) is 44.7. The van der Waals surface area contributed by atoms with Crippen molar-refractivity contribution >= 4 is 50.9 Å². The third-order valence-electron chi connectivity index (χ3n) is 5.29. The quantitative estimate of drug-likeness (QED) is 0.405. The number of carbonyl (C=O) groups is 2. The van der Waals surface area contributed by atoms with Crippen LogP contribution in [0, 0.1) is 6.92 Å². The molecule has 2 aromatic carbocycles. The number of rotatable bonds is 3. The van der Waals surface area contributed by atoms with Crippen LogP contribution in [0.2, 0.25) is 5.02 Å². The van der Waals surface area contributed by atoms with Crippen LogP contribution in [0.5, 0.6) is 0 Å². The molecule has 1 amide bonds. The number of hydrogen-bond acceptors (Lipinski definition) is 7. The normalized spacial score (nSPS) is 15.3. The molecule has 4 aromatic rings. The van der Waals surface area contributed by atoms with Gasteiger partial charge in [0.1, 0.15) is 5.58 Å². The molecule has 0 bridgehead atoms. The van der Waals surface area contributed by atoms with E-state index in [0.29, 0.717) is 21.3 Å². The summed E-state index contributed by atoms with van der Waals surface area (Å²) >= 11 is 7.40. The summed E-state index contributed by atoms with van der Waals surface area (Å²) in [5.41, 5.74) is 1.90. The molecule has 32 heavy (non-hydrogen) atoms. The highest BCUT2D eigenvalue weighted by Crippen LogP contribution is 2.42. The second-order valence-corrected chi connectivity index (χ2v) is 8.55. The molecule has 0 radical (unpaired) electrons. The zero-order valence-electron chi connectivity index (χ0n) is 16.9. The number of nitrogens with zero attached hydrogens (tertiary/aromatic N) is 2. The van der Waals surface area contributed by atoms with Crippen molar-refractivity contribution in [2.24, 2.45) is 0 Å². The predicted molar refractivity (Wildman–Crippen MR) is 121 cm³/mol. The lowest BCUT2D eigenvalue weighted by molar-refractivity contribution is 0.0600. The monoisotopic (exact) mass is 466 g/mol. The number of thiazole rings is 1. The molecule has 7 nitrogen and oxygen atoms in total. The van der Waals surface area contributed by atoms with Gasteiger partial charge in [0, 0.05) is 10.4 Å². The first-order valence-corrected chi connectivity index (χ1v) is 10.8. The summed E-state index contributed by atoms with van der Waals surface area (Å²) in [7, 11) is 1.30. The molecule has 160 valence electrons. The average molecular weight is 467 g/mol. The highest BCUT2D eigenvalue weighted by molar-refractivity contribution is 7.14. The van der Waals surface area contributed by atoms with Gasteiger partial charge in [-0.15, -0.1) is 11.3 Å². The van der Waals surface area contributed by atoms with Crippen LogP contribution in [-0.4, -0.2) is 24.0 Å². The van der Waals surface area contributed by atoms with Gasteiger partial charge in [0.15, 0.2) is 10.6 Å². The van der Waals surface area contributed by atoms with E-state index in [9.17, 15) is 14.4 Å². The van der Waals surface area contributed by atoms with Gasteiger partial charge in [-0.2, -0.15) is 0 Å². The molecule has 2 aromatic heterocycles. The van der Waals surface area contributed by atoms with Gasteiger partial charge in [-0.25, -0.2) is 9.78 Å². The van der Waals surface area contributed by atoms with Crippen molar-refractivity contribution in [3.63, 3.8) is 0 Å². The maximum atomic E-state index is 13.5. The van der Waals surface area contributed by atoms with E-state index >= 15 is 0 Å². The van der Waals surface area contributed by atoms with Crippen molar-refractivity contribution in [3.8, 4) is 0 Å². The minimum atomic E-state index is -0.769. The number of amides is 1. The number of aryl methyl sites for hydroxylation is 1. The molecule has 1 aliphatic heterocycles. The Hall–Kier alpha value is -3.49. The fourth-order valence-electron chi connectivity index (χ4n) is 3.83. The molecule has 0 aliphatic carbocycles. The van der Waals surface area contributed by atoms with Gasteiger partial charge in [-0.3, -0.25) is 14.5 Å². The van der Waals surface area contributed by atoms with Crippen LogP contribution in [-0.2, 0) is 4.74 Å². The molecule has 3 heterocycles. The average Bonchev–Trinajstić information content (AvgIpc) is 3.35. The largest absolute Gasteiger partial charge is 0.465 e. The highest BCUT2D eigenvalue weighted by atomic mass is 35.5. The van der Waals surface area contributed by atoms with Crippen molar-refractivity contribution in [3.05, 3.63) is 91.2 Å². The zero-order valence-corrected chi connectivity index (χ0v) is 18.5. The van der Waals surface area contributed by atoms with Crippen LogP contribution >= 0.6 is 22.9 Å². The van der Waals surface area contributed by atoms with Crippen molar-refractivity contribution in [2.75, 3.05) is 12.0 Å². The topological polar surface area (TPSA) is 89.7 Å². The summed E-state index contributed by atoms with van der Waals surface area (Å²) in [6.45, 7) is 1.83. The first kappa shape index (κ1) is 20.4. The number of carbonyl (C=O) groups excluding carboxylic acids is 2. The number of fused-ring (bicyclic) bond motifs is 2. The van der Waals surface area contributed by atoms with Crippen LogP contribution in [0.4, 0.5) is 5.13 Å². The van der Waals surface area contributed by atoms with Crippen molar-refractivity contribution in [1.82, 2.24) is 4.98 Å². The zero-order chi connectivity index (χ0) is 22.6. The van der Waals surface area contributed by atoms with Gasteiger partial charge in [0.25, 0.3) is 5.91 Å². The molecule has 0 saturated carbocycles. The fraction of sp³-hybridized carbons (Fsp3) is 0.130. The summed E-state index contributed by atoms with van der Waals surface area (Å²) < 4.78 is 10.7. The Morgan fingerprint density at radius 1 is 1.19 bits per heavy atom. The third kappa shape index (κ3) is 3.11. The van der Waals surface area contributed by atoms with E-state index in [1.54, 1.807) is 36.4 Å². The van der Waals surface area contributed by atoms with E-state index in [1.165, 1.54) is 29.4 Å². The number of hydrogen-bond donors (Lipinski definition) is 0. The van der Waals surface area contributed by atoms with Gasteiger partial charge >= 0.3 is 5.97 Å². The van der Waals surface area contributed by atoms with Crippen LogP contribution in [0.25, 0.3) is 11.0 Å². The molecule has 0 fully saturated rings. The summed E-state index contributed by atoms with van der Waals surface area (Å²) in [5.74, 6) is -0.961. The summed E-state index contributed by atoms with van der Waals surface area (Å²) in [5, 5.41) is 2.95. The molecule has 1 aliphatic rings. The van der Waals surface area contributed by atoms with Gasteiger partial charge < -0.3 is 9.15 Å². The molecule has 1 unspecified atom stereocenters. The summed E-state index contributed by atoms with van der Waals surface area (Å²) in [6, 6.07) is 10.5. The van der Waals surface area contributed by atoms with Crippen LogP contribution < -0.4 is 10.3 Å². The lowest BCUT2D eigenvalue weighted by atomic mass is 9.97. The maximum Gasteiger partial charge on any atom is 0.337 e. The fourth-order valence-corrected chi connectivity index (χ4v) is 4.83. The first-order chi connectivity index (χ1) is 15.4. The number of aromatic nitrogens is 1. The number of esters is 1. The Morgan fingerprint density at radius 3 is 2.59 bits per heavy atom. The van der Waals surface area contributed by atoms with E-state index in [2.05, 4.69) is 4.98 Å². The Bertz CT molecular complexity index is 1460. The van der Waals surface area contributed by atoms with Crippen LogP contribution in [0.15, 0.2) is 57.1 Å². The van der Waals surface area contributed by atoms with Gasteiger partial charge in [-0.1, -0.05) is 23.7 Å².